The van der Waals surface area contributed by atoms with Gasteiger partial charge in [-0.25, -0.2) is 9.97 Å². The Kier molecular flexibility index (Phi) is 3.92. The minimum absolute atomic E-state index is 0.0103. The van der Waals surface area contributed by atoms with Crippen LogP contribution in [0.2, 0.25) is 0 Å². The largest absolute Gasteiger partial charge is 0.354 e. The van der Waals surface area contributed by atoms with Crippen molar-refractivity contribution in [3.63, 3.8) is 0 Å². The Bertz CT molecular complexity index is 1180. The number of para-hydroxylation sites is 1. The van der Waals surface area contributed by atoms with Gasteiger partial charge in [0, 0.05) is 17.6 Å². The second kappa shape index (κ2) is 6.59. The number of H-pyrrole nitrogens is 1. The highest BCUT2D eigenvalue weighted by Gasteiger charge is 2.23. The number of nitrogens with one attached hydrogen (secondary N) is 3. The van der Waals surface area contributed by atoms with Gasteiger partial charge < -0.3 is 10.6 Å². The van der Waals surface area contributed by atoms with Crippen molar-refractivity contribution in [1.82, 2.24) is 35.1 Å². The van der Waals surface area contributed by atoms with Crippen LogP contribution >= 0.6 is 0 Å². The van der Waals surface area contributed by atoms with Crippen LogP contribution in [0.3, 0.4) is 0 Å². The predicted molar refractivity (Wildman–Crippen MR) is 105 cm³/mol. The van der Waals surface area contributed by atoms with Gasteiger partial charge in [-0.15, -0.1) is 5.10 Å². The molecule has 3 aromatic heterocycles. The van der Waals surface area contributed by atoms with E-state index in [0.29, 0.717) is 29.7 Å². The first-order chi connectivity index (χ1) is 13.7. The van der Waals surface area contributed by atoms with E-state index < -0.39 is 0 Å². The maximum atomic E-state index is 12.4. The fourth-order valence-corrected chi connectivity index (χ4v) is 3.52. The minimum Gasteiger partial charge on any atom is -0.354 e. The van der Waals surface area contributed by atoms with Crippen LogP contribution in [-0.4, -0.2) is 48.3 Å². The Labute approximate surface area is 160 Å². The lowest BCUT2D eigenvalue weighted by molar-refractivity contribution is -0.121. The molecule has 9 nitrogen and oxygen atoms in total. The SMILES string of the molecule is Cc1cc(-c2nc3c4ccccc4nc(N[C@@H]4CCCCNC4=O)n3n2)n[nH]1. The molecule has 28 heavy (non-hydrogen) atoms. The van der Waals surface area contributed by atoms with Gasteiger partial charge in [-0.3, -0.25) is 9.89 Å². The zero-order valence-electron chi connectivity index (χ0n) is 15.4. The standard InChI is InChI=1S/C19H20N8O/c1-11-10-15(25-24-11)16-23-17-12-6-2-3-7-13(12)21-19(27(17)26-16)22-14-8-4-5-9-20-18(14)28/h2-3,6-7,10,14H,4-5,8-9H2,1H3,(H,20,28)(H,21,22)(H,24,25)/t14-/m1/s1. The molecular formula is C19H20N8O. The summed E-state index contributed by atoms with van der Waals surface area (Å²) in [6.07, 6.45) is 2.71. The number of rotatable bonds is 3. The number of fused-ring (bicyclic) bond motifs is 3. The van der Waals surface area contributed by atoms with E-state index in [1.165, 1.54) is 0 Å². The van der Waals surface area contributed by atoms with Crippen LogP contribution in [0.5, 0.6) is 0 Å². The average Bonchev–Trinajstić information content (AvgIpc) is 3.28. The maximum absolute atomic E-state index is 12.4. The van der Waals surface area contributed by atoms with Gasteiger partial charge in [-0.1, -0.05) is 12.1 Å². The summed E-state index contributed by atoms with van der Waals surface area (Å²) in [5.41, 5.74) is 3.08. The van der Waals surface area contributed by atoms with Gasteiger partial charge >= 0.3 is 0 Å². The molecule has 5 rings (SSSR count). The summed E-state index contributed by atoms with van der Waals surface area (Å²) in [4.78, 5) is 21.8. The molecule has 0 unspecified atom stereocenters. The lowest BCUT2D eigenvalue weighted by atomic mass is 10.1. The van der Waals surface area contributed by atoms with Crippen molar-refractivity contribution in [2.45, 2.75) is 32.2 Å². The summed E-state index contributed by atoms with van der Waals surface area (Å²) in [5.74, 6) is 1.00. The monoisotopic (exact) mass is 376 g/mol. The number of nitrogens with zero attached hydrogens (tertiary/aromatic N) is 5. The van der Waals surface area contributed by atoms with Crippen molar-refractivity contribution in [2.75, 3.05) is 11.9 Å². The first kappa shape index (κ1) is 16.7. The highest BCUT2D eigenvalue weighted by molar-refractivity contribution is 5.93. The summed E-state index contributed by atoms with van der Waals surface area (Å²) in [6.45, 7) is 2.64. The second-order valence-electron chi connectivity index (χ2n) is 7.04. The molecule has 1 atom stereocenters. The summed E-state index contributed by atoms with van der Waals surface area (Å²) in [6, 6.07) is 9.33. The van der Waals surface area contributed by atoms with Crippen LogP contribution in [0.25, 0.3) is 28.1 Å². The van der Waals surface area contributed by atoms with Gasteiger partial charge in [0.15, 0.2) is 5.65 Å². The predicted octanol–water partition coefficient (Wildman–Crippen LogP) is 2.06. The smallest absolute Gasteiger partial charge is 0.242 e. The van der Waals surface area contributed by atoms with Crippen molar-refractivity contribution in [2.24, 2.45) is 0 Å². The molecule has 4 aromatic rings. The summed E-state index contributed by atoms with van der Waals surface area (Å²) >= 11 is 0. The molecule has 1 amide bonds. The molecule has 1 aliphatic rings. The van der Waals surface area contributed by atoms with Crippen LogP contribution in [0.1, 0.15) is 25.0 Å². The van der Waals surface area contributed by atoms with Gasteiger partial charge in [0.2, 0.25) is 17.7 Å². The maximum Gasteiger partial charge on any atom is 0.242 e. The number of hydrogen-bond acceptors (Lipinski definition) is 6. The zero-order valence-corrected chi connectivity index (χ0v) is 15.4. The van der Waals surface area contributed by atoms with Crippen LogP contribution in [0, 0.1) is 6.92 Å². The van der Waals surface area contributed by atoms with E-state index in [4.69, 9.17) is 9.97 Å². The Balaban J connectivity index is 1.66. The first-order valence-corrected chi connectivity index (χ1v) is 9.41. The van der Waals surface area contributed by atoms with E-state index in [1.807, 2.05) is 37.3 Å². The minimum atomic E-state index is -0.348. The van der Waals surface area contributed by atoms with Crippen LogP contribution in [0.15, 0.2) is 30.3 Å². The lowest BCUT2D eigenvalue weighted by Crippen LogP contribution is -2.38. The molecule has 0 saturated carbocycles. The van der Waals surface area contributed by atoms with Crippen LogP contribution < -0.4 is 10.6 Å². The molecular weight excluding hydrogens is 356 g/mol. The highest BCUT2D eigenvalue weighted by atomic mass is 16.2. The van der Waals surface area contributed by atoms with Gasteiger partial charge in [0.1, 0.15) is 11.7 Å². The van der Waals surface area contributed by atoms with Crippen molar-refractivity contribution in [3.8, 4) is 11.5 Å². The molecule has 0 bridgehead atoms. The van der Waals surface area contributed by atoms with Crippen molar-refractivity contribution < 1.29 is 4.79 Å². The number of aromatic amines is 1. The summed E-state index contributed by atoms with van der Waals surface area (Å²) in [7, 11) is 0. The number of amides is 1. The lowest BCUT2D eigenvalue weighted by Gasteiger charge is -2.16. The Hall–Kier alpha value is -3.49. The van der Waals surface area contributed by atoms with Crippen LogP contribution in [0.4, 0.5) is 5.95 Å². The van der Waals surface area contributed by atoms with Gasteiger partial charge in [0.25, 0.3) is 0 Å². The van der Waals surface area contributed by atoms with Gasteiger partial charge in [-0.05, 0) is 44.4 Å². The van der Waals surface area contributed by atoms with Crippen molar-refractivity contribution in [3.05, 3.63) is 36.0 Å². The third-order valence-corrected chi connectivity index (χ3v) is 4.95. The molecule has 9 heteroatoms. The van der Waals surface area contributed by atoms with Gasteiger partial charge in [0.05, 0.1) is 5.52 Å². The third-order valence-electron chi connectivity index (χ3n) is 4.95. The quantitative estimate of drug-likeness (QED) is 0.504. The normalized spacial score (nSPS) is 17.6. The second-order valence-corrected chi connectivity index (χ2v) is 7.04. The van der Waals surface area contributed by atoms with Crippen molar-refractivity contribution in [1.29, 1.82) is 0 Å². The van der Waals surface area contributed by atoms with E-state index in [9.17, 15) is 4.79 Å². The number of carbonyl (C=O) groups is 1. The number of aryl methyl sites for hydroxylation is 1. The number of anilines is 1. The van der Waals surface area contributed by atoms with E-state index >= 15 is 0 Å². The summed E-state index contributed by atoms with van der Waals surface area (Å²) in [5, 5.41) is 18.9. The molecule has 3 N–H and O–H groups in total. The van der Waals surface area contributed by atoms with E-state index in [2.05, 4.69) is 25.9 Å². The highest BCUT2D eigenvalue weighted by Crippen LogP contribution is 2.24. The molecule has 1 aromatic carbocycles. The Morgan fingerprint density at radius 2 is 2.11 bits per heavy atom. The third kappa shape index (κ3) is 2.84. The number of carbonyl (C=O) groups excluding carboxylic acids is 1. The molecule has 1 aliphatic heterocycles. The fourth-order valence-electron chi connectivity index (χ4n) is 3.52. The fraction of sp³-hybridized carbons (Fsp3) is 0.316. The van der Waals surface area contributed by atoms with E-state index in [0.717, 1.165) is 35.9 Å². The molecule has 4 heterocycles. The van der Waals surface area contributed by atoms with E-state index in [1.54, 1.807) is 4.52 Å². The van der Waals surface area contributed by atoms with E-state index in [-0.39, 0.29) is 11.9 Å². The summed E-state index contributed by atoms with van der Waals surface area (Å²) < 4.78 is 1.67. The molecule has 1 saturated heterocycles. The number of benzene rings is 1. The number of hydrogen-bond donors (Lipinski definition) is 3. The molecule has 0 aliphatic carbocycles. The first-order valence-electron chi connectivity index (χ1n) is 9.41. The topological polar surface area (TPSA) is 113 Å². The molecule has 0 radical (unpaired) electrons. The zero-order chi connectivity index (χ0) is 19.1. The molecule has 142 valence electrons. The Morgan fingerprint density at radius 3 is 2.96 bits per heavy atom. The molecule has 0 spiro atoms. The van der Waals surface area contributed by atoms with Crippen molar-refractivity contribution >= 4 is 28.4 Å². The van der Waals surface area contributed by atoms with Gasteiger partial charge in [-0.2, -0.15) is 9.61 Å². The average molecular weight is 376 g/mol. The molecule has 1 fully saturated rings. The Morgan fingerprint density at radius 1 is 1.21 bits per heavy atom. The van der Waals surface area contributed by atoms with Crippen LogP contribution in [-0.2, 0) is 4.79 Å². The number of aromatic nitrogens is 6.